The van der Waals surface area contributed by atoms with Gasteiger partial charge < -0.3 is 22.4 Å². The van der Waals surface area contributed by atoms with Gasteiger partial charge >= 0.3 is 84.9 Å². The Morgan fingerprint density at radius 1 is 0.427 bits per heavy atom. The zero-order chi connectivity index (χ0) is 75.6. The standard InChI is InChI=1S/C36H22N3OS.C33H19N2O2S.C33H19N2.3Au/c1-38-31-18-7-5-11-25(31)22-32(38)29-17-10-19-33-35(29)37-36(40-33)39(26-13-3-2-4-14-26)27-15-9-12-24(21-27)30-23-41-34-20-8-6-16-28(30)34;1-3-7-21(8-4-1)28-20-36-32-31(28)34-33(37-32)35(24-9-5-2-6-10-24)25-15-13-22-11-12-23-14-16-29-26(17-18-38-29)30(23)27(22)19-25;1-3-11-23(12-4-1)26-17-9-15-25-21-29-27-16-7-8-19-31(27)35(32(29)22-28(25)26)33-20-10-18-30(34-33)24-13-5-2-6-14-24;;;/h2-15,17-20,23H,1H3;1-7,9-10,13-16,18,20H,11-12H2;1-11,13,15-21H;;;/q3*-3;3*+3. The summed E-state index contributed by atoms with van der Waals surface area (Å²) in [6.45, 7) is 0. The molecular weight excluding hydrogens is 2030 g/mol. The first-order valence-corrected chi connectivity index (χ1v) is 39.3. The van der Waals surface area contributed by atoms with Gasteiger partial charge in [-0.1, -0.05) is 153 Å². The maximum absolute atomic E-state index is 6.48. The summed E-state index contributed by atoms with van der Waals surface area (Å²) in [5, 5.41) is 12.2. The van der Waals surface area contributed by atoms with Crippen LogP contribution in [0.4, 0.5) is 34.8 Å². The molecule has 0 atom stereocenters. The van der Waals surface area contributed by atoms with E-state index in [2.05, 4.69) is 222 Å². The molecule has 0 saturated heterocycles. The van der Waals surface area contributed by atoms with Gasteiger partial charge in [-0.2, -0.15) is 22.0 Å². The molecular formula is C102H60Au3N7O3S2. The van der Waals surface area contributed by atoms with Crippen LogP contribution in [0.1, 0.15) is 11.1 Å². The Morgan fingerprint density at radius 3 is 1.85 bits per heavy atom. The molecule has 117 heavy (non-hydrogen) atoms. The van der Waals surface area contributed by atoms with E-state index in [4.69, 9.17) is 28.2 Å². The van der Waals surface area contributed by atoms with Crippen molar-refractivity contribution in [3.63, 3.8) is 0 Å². The minimum atomic E-state index is 0. The number of para-hydroxylation sites is 5. The van der Waals surface area contributed by atoms with Crippen LogP contribution in [0, 0.1) is 54.6 Å². The second-order valence-corrected chi connectivity index (χ2v) is 29.6. The van der Waals surface area contributed by atoms with E-state index >= 15 is 0 Å². The summed E-state index contributed by atoms with van der Waals surface area (Å²) >= 11 is 3.44. The molecule has 0 radical (unpaired) electrons. The van der Waals surface area contributed by atoms with Gasteiger partial charge in [-0.25, -0.2) is 27.7 Å². The largest absolute Gasteiger partial charge is 3.00 e. The smallest absolute Gasteiger partial charge is 0.442 e. The summed E-state index contributed by atoms with van der Waals surface area (Å²) in [6.07, 6.45) is 3.68. The molecule has 0 amide bonds. The van der Waals surface area contributed by atoms with Crippen LogP contribution < -0.4 is 9.80 Å². The Hall–Kier alpha value is -12.2. The fraction of sp³-hybridized carbons (Fsp3) is 0.0294. The van der Waals surface area contributed by atoms with Crippen molar-refractivity contribution in [1.29, 1.82) is 0 Å². The molecule has 14 aromatic carbocycles. The van der Waals surface area contributed by atoms with E-state index in [0.29, 0.717) is 28.9 Å². The Balaban J connectivity index is 0.000000120. The molecule has 10 nitrogen and oxygen atoms in total. The van der Waals surface area contributed by atoms with Gasteiger partial charge in [-0.15, -0.1) is 260 Å². The average Bonchev–Trinajstić information content (AvgIpc) is 1.61. The summed E-state index contributed by atoms with van der Waals surface area (Å²) in [6, 6.07) is 135. The van der Waals surface area contributed by atoms with E-state index in [1.165, 1.54) is 42.2 Å². The third kappa shape index (κ3) is 14.1. The molecule has 15 heteroatoms. The molecule has 0 saturated carbocycles. The number of pyridine rings is 1. The first-order valence-electron chi connectivity index (χ1n) is 37.5. The number of oxazole rings is 2. The number of rotatable bonds is 12. The first-order chi connectivity index (χ1) is 56.4. The number of anilines is 6. The quantitative estimate of drug-likeness (QED) is 0.0882. The number of hydrogen-bond acceptors (Lipinski definition) is 10. The van der Waals surface area contributed by atoms with Gasteiger partial charge in [0.1, 0.15) is 16.9 Å². The van der Waals surface area contributed by atoms with Gasteiger partial charge in [0.05, 0.1) is 11.8 Å². The molecule has 566 valence electrons. The van der Waals surface area contributed by atoms with E-state index in [-0.39, 0.29) is 67.1 Å². The number of thiophene rings is 2. The van der Waals surface area contributed by atoms with Crippen LogP contribution in [0.3, 0.4) is 0 Å². The number of fused-ring (bicyclic) bond motifs is 13. The maximum atomic E-state index is 6.48. The number of hydrogen-bond donors (Lipinski definition) is 0. The van der Waals surface area contributed by atoms with Crippen LogP contribution >= 0.6 is 22.7 Å². The Bertz CT molecular complexity index is 7360. The number of aryl methyl sites for hydroxylation is 3. The molecule has 8 aromatic heterocycles. The van der Waals surface area contributed by atoms with Crippen LogP contribution in [-0.4, -0.2) is 24.1 Å². The number of benzene rings is 14. The van der Waals surface area contributed by atoms with E-state index in [0.717, 1.165) is 146 Å². The van der Waals surface area contributed by atoms with Crippen LogP contribution in [0.15, 0.2) is 334 Å². The summed E-state index contributed by atoms with van der Waals surface area (Å²) in [4.78, 5) is 19.1. The second kappa shape index (κ2) is 32.8. The minimum absolute atomic E-state index is 0. The Labute approximate surface area is 729 Å². The zero-order valence-electron chi connectivity index (χ0n) is 62.1. The van der Waals surface area contributed by atoms with Crippen molar-refractivity contribution in [2.75, 3.05) is 9.80 Å². The van der Waals surface area contributed by atoms with Crippen molar-refractivity contribution >= 4 is 144 Å². The summed E-state index contributed by atoms with van der Waals surface area (Å²) < 4.78 is 25.3. The normalized spacial score (nSPS) is 11.5. The van der Waals surface area contributed by atoms with Crippen LogP contribution in [-0.2, 0) is 87.0 Å². The molecule has 8 heterocycles. The molecule has 0 unspecified atom stereocenters. The molecule has 22 aromatic rings. The Kier molecular flexibility index (Phi) is 21.3. The van der Waals surface area contributed by atoms with Crippen molar-refractivity contribution in [2.24, 2.45) is 7.05 Å². The molecule has 23 rings (SSSR count). The molecule has 1 aliphatic rings. The Morgan fingerprint density at radius 2 is 1.07 bits per heavy atom. The summed E-state index contributed by atoms with van der Waals surface area (Å²) in [5.74, 6) is 1.25. The molecule has 0 bridgehead atoms. The third-order valence-corrected chi connectivity index (χ3v) is 22.8. The molecule has 0 N–H and O–H groups in total. The second-order valence-electron chi connectivity index (χ2n) is 27.8. The predicted molar refractivity (Wildman–Crippen MR) is 463 cm³/mol. The summed E-state index contributed by atoms with van der Waals surface area (Å²) in [5.41, 5.74) is 23.9. The van der Waals surface area contributed by atoms with E-state index in [1.54, 1.807) is 28.9 Å². The predicted octanol–water partition coefficient (Wildman–Crippen LogP) is 26.7. The van der Waals surface area contributed by atoms with E-state index in [9.17, 15) is 0 Å². The van der Waals surface area contributed by atoms with Crippen molar-refractivity contribution in [3.05, 3.63) is 386 Å². The van der Waals surface area contributed by atoms with Crippen molar-refractivity contribution in [1.82, 2.24) is 24.1 Å². The third-order valence-electron chi connectivity index (χ3n) is 21.1. The fourth-order valence-corrected chi connectivity index (χ4v) is 17.4. The number of nitrogens with zero attached hydrogens (tertiary/aromatic N) is 7. The van der Waals surface area contributed by atoms with Gasteiger partial charge in [0, 0.05) is 23.9 Å². The monoisotopic (exact) mass is 2090 g/mol. The first kappa shape index (κ1) is 76.1. The molecule has 0 aliphatic heterocycles. The molecule has 1 aliphatic carbocycles. The summed E-state index contributed by atoms with van der Waals surface area (Å²) in [7, 11) is 2.07. The average molecular weight is 2090 g/mol. The number of furan rings is 1. The zero-order valence-corrected chi connectivity index (χ0v) is 70.2. The van der Waals surface area contributed by atoms with E-state index in [1.807, 2.05) is 173 Å². The van der Waals surface area contributed by atoms with Gasteiger partial charge in [0.25, 0.3) is 0 Å². The number of aromatic nitrogens is 5. The van der Waals surface area contributed by atoms with Gasteiger partial charge in [-0.3, -0.25) is 14.8 Å². The van der Waals surface area contributed by atoms with Crippen molar-refractivity contribution in [2.45, 2.75) is 12.8 Å². The van der Waals surface area contributed by atoms with Crippen molar-refractivity contribution < 1.29 is 80.4 Å². The van der Waals surface area contributed by atoms with E-state index < -0.39 is 0 Å². The van der Waals surface area contributed by atoms with Crippen LogP contribution in [0.5, 0.6) is 0 Å². The SMILES string of the molecule is Cn1c(-c2cccc3oc(N(c4[c-]c(-c5csc6ccc[c-]c56)ccc4)c4ccccc4)nc23)[c-]c2ccccc21.[Au+3].[Au+3].[Au+3].[c-]1ccccc1-c1cccc(-n2c3[c-]c4c(-c5[c-]cccc5)cccc4cc3c3ccccc32)n1.[c-]1ccccc1-c1coc2oc(N(c3[c-]c4c(cc3)CCc3ccc5sc[c-]c5c3-4)c3ccccc3)nc12. The topological polar surface area (TPSA) is 94.4 Å². The van der Waals surface area contributed by atoms with Crippen LogP contribution in [0.2, 0.25) is 0 Å². The van der Waals surface area contributed by atoms with Crippen molar-refractivity contribution in [3.8, 4) is 72.8 Å². The van der Waals surface area contributed by atoms with Gasteiger partial charge in [0.15, 0.2) is 0 Å². The molecule has 0 spiro atoms. The van der Waals surface area contributed by atoms with Gasteiger partial charge in [0.2, 0.25) is 0 Å². The minimum Gasteiger partial charge on any atom is -0.442 e. The van der Waals surface area contributed by atoms with Crippen LogP contribution in [0.25, 0.3) is 159 Å². The fourth-order valence-electron chi connectivity index (χ4n) is 15.7. The van der Waals surface area contributed by atoms with Gasteiger partial charge in [-0.05, 0) is 99.2 Å². The molecule has 0 fully saturated rings. The maximum Gasteiger partial charge on any atom is 3.00 e.